The second-order valence-corrected chi connectivity index (χ2v) is 4.94. The number of nitrogens with zero attached hydrogens (tertiary/aromatic N) is 2. The Morgan fingerprint density at radius 1 is 1.40 bits per heavy atom. The molecule has 1 saturated heterocycles. The number of rotatable bonds is 4. The van der Waals surface area contributed by atoms with E-state index in [1.54, 1.807) is 12.1 Å². The van der Waals surface area contributed by atoms with Crippen molar-refractivity contribution in [3.8, 4) is 6.07 Å². The molecular formula is C14H18N4OS. The van der Waals surface area contributed by atoms with Crippen molar-refractivity contribution in [2.75, 3.05) is 44.7 Å². The van der Waals surface area contributed by atoms with Gasteiger partial charge < -0.3 is 15.4 Å². The average Bonchev–Trinajstić information content (AvgIpc) is 2.48. The van der Waals surface area contributed by atoms with E-state index in [0.29, 0.717) is 10.7 Å². The monoisotopic (exact) mass is 290 g/mol. The third kappa shape index (κ3) is 4.78. The van der Waals surface area contributed by atoms with Crippen molar-refractivity contribution in [3.63, 3.8) is 0 Å². The fourth-order valence-electron chi connectivity index (χ4n) is 1.99. The van der Waals surface area contributed by atoms with Crippen LogP contribution in [0.2, 0.25) is 0 Å². The summed E-state index contributed by atoms with van der Waals surface area (Å²) in [5.74, 6) is 0. The molecule has 1 heterocycles. The predicted octanol–water partition coefficient (Wildman–Crippen LogP) is 1.18. The van der Waals surface area contributed by atoms with Crippen molar-refractivity contribution >= 4 is 23.0 Å². The molecule has 1 aromatic carbocycles. The lowest BCUT2D eigenvalue weighted by Crippen LogP contribution is -2.42. The number of ether oxygens (including phenoxy) is 1. The van der Waals surface area contributed by atoms with Gasteiger partial charge in [0.15, 0.2) is 5.11 Å². The van der Waals surface area contributed by atoms with Crippen molar-refractivity contribution in [2.24, 2.45) is 0 Å². The summed E-state index contributed by atoms with van der Waals surface area (Å²) in [7, 11) is 0. The molecule has 1 aliphatic rings. The first-order valence-electron chi connectivity index (χ1n) is 6.63. The molecule has 2 rings (SSSR count). The molecule has 0 bridgehead atoms. The standard InChI is InChI=1S/C14H18N4OS/c15-11-12-2-1-3-13(10-12)17-14(20)16-4-5-18-6-8-19-9-7-18/h1-3,10H,4-9H2,(H2,16,17,20). The van der Waals surface area contributed by atoms with Gasteiger partial charge in [-0.15, -0.1) is 0 Å². The van der Waals surface area contributed by atoms with Gasteiger partial charge in [0.25, 0.3) is 0 Å². The van der Waals surface area contributed by atoms with Gasteiger partial charge in [-0.3, -0.25) is 4.90 Å². The van der Waals surface area contributed by atoms with Gasteiger partial charge in [-0.2, -0.15) is 5.26 Å². The molecule has 0 spiro atoms. The largest absolute Gasteiger partial charge is 0.379 e. The normalized spacial score (nSPS) is 15.3. The number of nitriles is 1. The van der Waals surface area contributed by atoms with Crippen LogP contribution in [0.3, 0.4) is 0 Å². The van der Waals surface area contributed by atoms with E-state index in [1.807, 2.05) is 12.1 Å². The number of nitrogens with one attached hydrogen (secondary N) is 2. The van der Waals surface area contributed by atoms with Crippen LogP contribution in [0.5, 0.6) is 0 Å². The molecule has 0 saturated carbocycles. The maximum atomic E-state index is 8.84. The van der Waals surface area contributed by atoms with Gasteiger partial charge in [0.05, 0.1) is 24.8 Å². The highest BCUT2D eigenvalue weighted by molar-refractivity contribution is 7.80. The zero-order chi connectivity index (χ0) is 14.2. The van der Waals surface area contributed by atoms with Crippen LogP contribution in [-0.2, 0) is 4.74 Å². The molecule has 5 nitrogen and oxygen atoms in total. The molecule has 1 fully saturated rings. The lowest BCUT2D eigenvalue weighted by molar-refractivity contribution is 0.0389. The minimum atomic E-state index is 0.577. The van der Waals surface area contributed by atoms with Gasteiger partial charge in [0.1, 0.15) is 0 Å². The second kappa shape index (κ2) is 7.80. The maximum absolute atomic E-state index is 8.84. The highest BCUT2D eigenvalue weighted by atomic mass is 32.1. The smallest absolute Gasteiger partial charge is 0.170 e. The van der Waals surface area contributed by atoms with Crippen molar-refractivity contribution in [1.82, 2.24) is 10.2 Å². The molecule has 2 N–H and O–H groups in total. The van der Waals surface area contributed by atoms with Crippen molar-refractivity contribution in [1.29, 1.82) is 5.26 Å². The maximum Gasteiger partial charge on any atom is 0.170 e. The summed E-state index contributed by atoms with van der Waals surface area (Å²) in [5.41, 5.74) is 1.44. The number of anilines is 1. The van der Waals surface area contributed by atoms with Crippen LogP contribution >= 0.6 is 12.2 Å². The molecule has 0 amide bonds. The van der Waals surface area contributed by atoms with E-state index in [1.165, 1.54) is 0 Å². The quantitative estimate of drug-likeness (QED) is 0.812. The second-order valence-electron chi connectivity index (χ2n) is 4.53. The van der Waals surface area contributed by atoms with E-state index >= 15 is 0 Å². The van der Waals surface area contributed by atoms with E-state index in [9.17, 15) is 0 Å². The van der Waals surface area contributed by atoms with Crippen LogP contribution in [0.15, 0.2) is 24.3 Å². The molecule has 106 valence electrons. The summed E-state index contributed by atoms with van der Waals surface area (Å²) in [6.07, 6.45) is 0. The first kappa shape index (κ1) is 14.7. The van der Waals surface area contributed by atoms with Crippen molar-refractivity contribution in [3.05, 3.63) is 29.8 Å². The average molecular weight is 290 g/mol. The van der Waals surface area contributed by atoms with Gasteiger partial charge in [0, 0.05) is 31.9 Å². The summed E-state index contributed by atoms with van der Waals surface area (Å²) in [5, 5.41) is 15.7. The van der Waals surface area contributed by atoms with Crippen LogP contribution in [0.4, 0.5) is 5.69 Å². The Morgan fingerprint density at radius 2 is 2.20 bits per heavy atom. The Labute approximate surface area is 124 Å². The van der Waals surface area contributed by atoms with Gasteiger partial charge in [-0.1, -0.05) is 6.07 Å². The molecule has 20 heavy (non-hydrogen) atoms. The SMILES string of the molecule is N#Cc1cccc(NC(=S)NCCN2CCOCC2)c1. The Kier molecular flexibility index (Phi) is 5.74. The summed E-state index contributed by atoms with van der Waals surface area (Å²) < 4.78 is 5.30. The zero-order valence-electron chi connectivity index (χ0n) is 11.3. The Morgan fingerprint density at radius 3 is 2.95 bits per heavy atom. The fraction of sp³-hybridized carbons (Fsp3) is 0.429. The highest BCUT2D eigenvalue weighted by Gasteiger charge is 2.09. The van der Waals surface area contributed by atoms with E-state index in [0.717, 1.165) is 45.1 Å². The minimum Gasteiger partial charge on any atom is -0.379 e. The lowest BCUT2D eigenvalue weighted by Gasteiger charge is -2.26. The first-order chi connectivity index (χ1) is 9.78. The van der Waals surface area contributed by atoms with Crippen LogP contribution in [-0.4, -0.2) is 49.4 Å². The van der Waals surface area contributed by atoms with Crippen LogP contribution in [0, 0.1) is 11.3 Å². The Bertz CT molecular complexity index is 494. The number of hydrogen-bond acceptors (Lipinski definition) is 4. The minimum absolute atomic E-state index is 0.577. The Balaban J connectivity index is 1.70. The summed E-state index contributed by atoms with van der Waals surface area (Å²) in [4.78, 5) is 2.34. The predicted molar refractivity (Wildman–Crippen MR) is 82.6 cm³/mol. The van der Waals surface area contributed by atoms with Crippen molar-refractivity contribution in [2.45, 2.75) is 0 Å². The first-order valence-corrected chi connectivity index (χ1v) is 7.04. The van der Waals surface area contributed by atoms with Crippen LogP contribution < -0.4 is 10.6 Å². The number of hydrogen-bond donors (Lipinski definition) is 2. The fourth-order valence-corrected chi connectivity index (χ4v) is 2.21. The molecular weight excluding hydrogens is 272 g/mol. The summed E-state index contributed by atoms with van der Waals surface area (Å²) in [6, 6.07) is 9.36. The molecule has 0 aromatic heterocycles. The zero-order valence-corrected chi connectivity index (χ0v) is 12.1. The molecule has 0 aliphatic carbocycles. The highest BCUT2D eigenvalue weighted by Crippen LogP contribution is 2.09. The summed E-state index contributed by atoms with van der Waals surface area (Å²) in [6.45, 7) is 5.32. The topological polar surface area (TPSA) is 60.3 Å². The van der Waals surface area contributed by atoms with Crippen LogP contribution in [0.1, 0.15) is 5.56 Å². The number of benzene rings is 1. The van der Waals surface area contributed by atoms with E-state index in [-0.39, 0.29) is 0 Å². The molecule has 6 heteroatoms. The van der Waals surface area contributed by atoms with Crippen LogP contribution in [0.25, 0.3) is 0 Å². The van der Waals surface area contributed by atoms with E-state index in [2.05, 4.69) is 21.6 Å². The third-order valence-electron chi connectivity index (χ3n) is 3.07. The van der Waals surface area contributed by atoms with Gasteiger partial charge in [-0.05, 0) is 30.4 Å². The summed E-state index contributed by atoms with van der Waals surface area (Å²) >= 11 is 5.23. The van der Waals surface area contributed by atoms with Gasteiger partial charge in [0.2, 0.25) is 0 Å². The van der Waals surface area contributed by atoms with Gasteiger partial charge in [-0.25, -0.2) is 0 Å². The third-order valence-corrected chi connectivity index (χ3v) is 3.31. The number of morpholine rings is 1. The lowest BCUT2D eigenvalue weighted by atomic mass is 10.2. The van der Waals surface area contributed by atoms with E-state index < -0.39 is 0 Å². The van der Waals surface area contributed by atoms with Gasteiger partial charge >= 0.3 is 0 Å². The van der Waals surface area contributed by atoms with Crippen molar-refractivity contribution < 1.29 is 4.74 Å². The molecule has 1 aromatic rings. The molecule has 1 aliphatic heterocycles. The Hall–Kier alpha value is -1.68. The molecule has 0 unspecified atom stereocenters. The molecule has 0 atom stereocenters. The van der Waals surface area contributed by atoms with E-state index in [4.69, 9.17) is 22.2 Å². The number of thiocarbonyl (C=S) groups is 1. The molecule has 0 radical (unpaired) electrons.